The maximum Gasteiger partial charge on any atom is 0.311 e. The third-order valence-corrected chi connectivity index (χ3v) is 6.77. The minimum Gasteiger partial charge on any atom is -0.508 e. The molecule has 24 heavy (non-hydrogen) atoms. The molecule has 3 atom stereocenters. The van der Waals surface area contributed by atoms with E-state index in [1.54, 1.807) is 0 Å². The van der Waals surface area contributed by atoms with Crippen LogP contribution < -0.4 is 0 Å². The molecule has 1 aromatic rings. The summed E-state index contributed by atoms with van der Waals surface area (Å²) in [6, 6.07) is 4.18. The van der Waals surface area contributed by atoms with Crippen LogP contribution in [0.3, 0.4) is 0 Å². The summed E-state index contributed by atoms with van der Waals surface area (Å²) >= 11 is 0. The predicted octanol–water partition coefficient (Wildman–Crippen LogP) is 4.70. The Morgan fingerprint density at radius 1 is 1.29 bits per heavy atom. The van der Waals surface area contributed by atoms with E-state index in [4.69, 9.17) is 4.74 Å². The van der Waals surface area contributed by atoms with Gasteiger partial charge in [-0.2, -0.15) is 0 Å². The van der Waals surface area contributed by atoms with Crippen LogP contribution in [0, 0.1) is 11.3 Å². The van der Waals surface area contributed by atoms with Gasteiger partial charge in [0.2, 0.25) is 0 Å². The van der Waals surface area contributed by atoms with Crippen LogP contribution in [0.1, 0.15) is 76.0 Å². The summed E-state index contributed by atoms with van der Waals surface area (Å²) in [5.41, 5.74) is 3.13. The van der Waals surface area contributed by atoms with Crippen molar-refractivity contribution < 1.29 is 14.6 Å². The number of carbonyl (C=O) groups is 1. The van der Waals surface area contributed by atoms with Crippen molar-refractivity contribution in [2.75, 3.05) is 7.11 Å². The number of ether oxygens (including phenoxy) is 1. The number of methoxy groups -OCH3 is 1. The highest BCUT2D eigenvalue weighted by Crippen LogP contribution is 2.58. The van der Waals surface area contributed by atoms with Crippen LogP contribution in [0.5, 0.6) is 5.75 Å². The van der Waals surface area contributed by atoms with Crippen molar-refractivity contribution in [1.29, 1.82) is 0 Å². The molecule has 1 aromatic carbocycles. The van der Waals surface area contributed by atoms with Gasteiger partial charge in [-0.1, -0.05) is 33.3 Å². The fraction of sp³-hybridized carbons (Fsp3) is 0.667. The molecule has 3 nitrogen and oxygen atoms in total. The Kier molecular flexibility index (Phi) is 4.17. The number of esters is 1. The Morgan fingerprint density at radius 3 is 2.62 bits per heavy atom. The summed E-state index contributed by atoms with van der Waals surface area (Å²) in [5.74, 6) is 0.899. The van der Waals surface area contributed by atoms with E-state index in [0.717, 1.165) is 37.7 Å². The highest BCUT2D eigenvalue weighted by molar-refractivity contribution is 5.77. The Labute approximate surface area is 145 Å². The molecule has 0 aliphatic heterocycles. The molecule has 0 bridgehead atoms. The highest BCUT2D eigenvalue weighted by atomic mass is 16.5. The lowest BCUT2D eigenvalue weighted by Gasteiger charge is -2.54. The van der Waals surface area contributed by atoms with Gasteiger partial charge in [0.1, 0.15) is 5.75 Å². The lowest BCUT2D eigenvalue weighted by atomic mass is 9.49. The van der Waals surface area contributed by atoms with Crippen LogP contribution in [0.25, 0.3) is 0 Å². The molecule has 132 valence electrons. The molecule has 0 heterocycles. The summed E-state index contributed by atoms with van der Waals surface area (Å²) < 4.78 is 5.16. The van der Waals surface area contributed by atoms with Crippen molar-refractivity contribution in [1.82, 2.24) is 0 Å². The molecule has 1 fully saturated rings. The van der Waals surface area contributed by atoms with Crippen molar-refractivity contribution >= 4 is 5.97 Å². The van der Waals surface area contributed by atoms with E-state index in [1.807, 2.05) is 6.07 Å². The number of carbonyl (C=O) groups excluding carboxylic acids is 1. The first-order chi connectivity index (χ1) is 11.2. The molecule has 0 spiro atoms. The summed E-state index contributed by atoms with van der Waals surface area (Å²) in [6.45, 7) is 8.59. The number of aromatic hydroxyl groups is 1. The number of hydrogen-bond donors (Lipinski definition) is 1. The van der Waals surface area contributed by atoms with Gasteiger partial charge in [0, 0.05) is 0 Å². The SMILES string of the molecule is COC(=O)[C@@]1(C)CCC[C@@]2(C)c3cc(O)c(C(C)C)cc3CC[C@H]21. The fourth-order valence-electron chi connectivity index (χ4n) is 5.46. The topological polar surface area (TPSA) is 46.5 Å². The highest BCUT2D eigenvalue weighted by Gasteiger charge is 2.55. The lowest BCUT2D eigenvalue weighted by molar-refractivity contribution is -0.161. The summed E-state index contributed by atoms with van der Waals surface area (Å²) in [7, 11) is 1.50. The third kappa shape index (κ3) is 2.35. The third-order valence-electron chi connectivity index (χ3n) is 6.77. The van der Waals surface area contributed by atoms with E-state index in [0.29, 0.717) is 11.7 Å². The predicted molar refractivity (Wildman–Crippen MR) is 95.3 cm³/mol. The van der Waals surface area contributed by atoms with Gasteiger partial charge >= 0.3 is 5.97 Å². The monoisotopic (exact) mass is 330 g/mol. The smallest absolute Gasteiger partial charge is 0.311 e. The van der Waals surface area contributed by atoms with Crippen LogP contribution >= 0.6 is 0 Å². The number of phenols is 1. The van der Waals surface area contributed by atoms with E-state index in [9.17, 15) is 9.90 Å². The van der Waals surface area contributed by atoms with Crippen molar-refractivity contribution in [3.8, 4) is 5.75 Å². The van der Waals surface area contributed by atoms with Crippen molar-refractivity contribution in [3.05, 3.63) is 28.8 Å². The molecule has 3 rings (SSSR count). The average Bonchev–Trinajstić information content (AvgIpc) is 2.53. The fourth-order valence-corrected chi connectivity index (χ4v) is 5.46. The van der Waals surface area contributed by atoms with Crippen LogP contribution in [0.15, 0.2) is 12.1 Å². The Balaban J connectivity index is 2.11. The molecule has 1 N–H and O–H groups in total. The van der Waals surface area contributed by atoms with Crippen LogP contribution in [-0.2, 0) is 21.4 Å². The number of phenolic OH excluding ortho intramolecular Hbond substituents is 1. The number of benzene rings is 1. The summed E-state index contributed by atoms with van der Waals surface area (Å²) in [4.78, 5) is 12.5. The zero-order valence-corrected chi connectivity index (χ0v) is 15.6. The minimum absolute atomic E-state index is 0.0677. The maximum atomic E-state index is 12.5. The zero-order chi connectivity index (χ0) is 17.7. The molecule has 0 unspecified atom stereocenters. The van der Waals surface area contributed by atoms with Gasteiger partial charge in [0.25, 0.3) is 0 Å². The van der Waals surface area contributed by atoms with Crippen LogP contribution in [0.2, 0.25) is 0 Å². The Morgan fingerprint density at radius 2 is 2.00 bits per heavy atom. The average molecular weight is 330 g/mol. The Bertz CT molecular complexity index is 663. The van der Waals surface area contributed by atoms with E-state index < -0.39 is 5.41 Å². The van der Waals surface area contributed by atoms with Gasteiger partial charge in [-0.3, -0.25) is 4.79 Å². The molecule has 1 saturated carbocycles. The van der Waals surface area contributed by atoms with Crippen molar-refractivity contribution in [2.24, 2.45) is 11.3 Å². The minimum atomic E-state index is -0.425. The van der Waals surface area contributed by atoms with Crippen molar-refractivity contribution in [3.63, 3.8) is 0 Å². The molecular formula is C21H30O3. The lowest BCUT2D eigenvalue weighted by Crippen LogP contribution is -2.52. The maximum absolute atomic E-state index is 12.5. The van der Waals surface area contributed by atoms with Gasteiger partial charge < -0.3 is 9.84 Å². The molecule has 0 aromatic heterocycles. The first-order valence-electron chi connectivity index (χ1n) is 9.18. The molecule has 0 radical (unpaired) electrons. The largest absolute Gasteiger partial charge is 0.508 e. The Hall–Kier alpha value is -1.51. The number of aryl methyl sites for hydroxylation is 1. The molecule has 0 saturated heterocycles. The zero-order valence-electron chi connectivity index (χ0n) is 15.6. The second kappa shape index (κ2) is 5.79. The van der Waals surface area contributed by atoms with Gasteiger partial charge in [0.05, 0.1) is 12.5 Å². The number of rotatable bonds is 2. The van der Waals surface area contributed by atoms with Crippen molar-refractivity contribution in [2.45, 2.75) is 71.1 Å². The molecular weight excluding hydrogens is 300 g/mol. The standard InChI is InChI=1S/C21H30O3/c1-13(2)15-11-14-7-8-18-20(3,16(14)12-17(15)22)9-6-10-21(18,4)19(23)24-5/h11-13,18,22H,6-10H2,1-5H3/t18-,20+,21+/m1/s1. The van der Waals surface area contributed by atoms with E-state index >= 15 is 0 Å². The summed E-state index contributed by atoms with van der Waals surface area (Å²) in [6.07, 6.45) is 4.97. The number of hydrogen-bond acceptors (Lipinski definition) is 3. The van der Waals surface area contributed by atoms with Gasteiger partial charge in [-0.25, -0.2) is 0 Å². The normalized spacial score (nSPS) is 32.2. The molecule has 2 aliphatic carbocycles. The quantitative estimate of drug-likeness (QED) is 0.800. The first kappa shape index (κ1) is 17.3. The molecule has 2 aliphatic rings. The molecule has 0 amide bonds. The second-order valence-corrected chi connectivity index (χ2v) is 8.49. The number of fused-ring (bicyclic) bond motifs is 3. The van der Waals surface area contributed by atoms with Crippen LogP contribution in [-0.4, -0.2) is 18.2 Å². The van der Waals surface area contributed by atoms with E-state index in [-0.39, 0.29) is 17.3 Å². The van der Waals surface area contributed by atoms with Crippen LogP contribution in [0.4, 0.5) is 0 Å². The van der Waals surface area contributed by atoms with E-state index in [2.05, 4.69) is 33.8 Å². The molecule has 3 heteroatoms. The second-order valence-electron chi connectivity index (χ2n) is 8.49. The van der Waals surface area contributed by atoms with E-state index in [1.165, 1.54) is 18.2 Å². The summed E-state index contributed by atoms with van der Waals surface area (Å²) in [5, 5.41) is 10.5. The first-order valence-corrected chi connectivity index (χ1v) is 9.18. The van der Waals surface area contributed by atoms with Gasteiger partial charge in [-0.05, 0) is 72.6 Å². The van der Waals surface area contributed by atoms with Gasteiger partial charge in [-0.15, -0.1) is 0 Å². The van der Waals surface area contributed by atoms with Gasteiger partial charge in [0.15, 0.2) is 0 Å².